The minimum atomic E-state index is -0.783. The molecule has 0 aliphatic rings. The summed E-state index contributed by atoms with van der Waals surface area (Å²) < 4.78 is 4.84. The molecular weight excluding hydrogens is 356 g/mol. The van der Waals surface area contributed by atoms with Gasteiger partial charge in [0.05, 0.1) is 7.11 Å². The summed E-state index contributed by atoms with van der Waals surface area (Å²) in [7, 11) is 1.30. The summed E-state index contributed by atoms with van der Waals surface area (Å²) in [5.41, 5.74) is 1.99. The lowest BCUT2D eigenvalue weighted by Gasteiger charge is -2.17. The van der Waals surface area contributed by atoms with Gasteiger partial charge in [0.25, 0.3) is 5.91 Å². The second kappa shape index (κ2) is 9.27. The fourth-order valence-electron chi connectivity index (χ4n) is 2.66. The lowest BCUT2D eigenvalue weighted by Crippen LogP contribution is -2.43. The quantitative estimate of drug-likeness (QED) is 0.616. The van der Waals surface area contributed by atoms with Gasteiger partial charge in [-0.3, -0.25) is 4.79 Å². The van der Waals surface area contributed by atoms with Crippen molar-refractivity contribution in [1.29, 1.82) is 0 Å². The molecule has 0 unspecified atom stereocenters. The zero-order valence-corrected chi connectivity index (χ0v) is 15.3. The fraction of sp³-hybridized carbons (Fsp3) is 0.143. The number of carbonyl (C=O) groups excluding carboxylic acids is 2. The van der Waals surface area contributed by atoms with Crippen molar-refractivity contribution in [3.05, 3.63) is 84.2 Å². The smallest absolute Gasteiger partial charge is 0.328 e. The van der Waals surface area contributed by atoms with E-state index in [1.165, 1.54) is 7.11 Å². The summed E-state index contributed by atoms with van der Waals surface area (Å²) >= 11 is 0. The zero-order valence-electron chi connectivity index (χ0n) is 15.3. The summed E-state index contributed by atoms with van der Waals surface area (Å²) in [5.74, 6) is -0.440. The van der Waals surface area contributed by atoms with Gasteiger partial charge in [0.1, 0.15) is 6.04 Å². The average molecular weight is 376 g/mol. The van der Waals surface area contributed by atoms with Crippen LogP contribution in [0.25, 0.3) is 0 Å². The van der Waals surface area contributed by atoms with E-state index in [0.29, 0.717) is 23.6 Å². The van der Waals surface area contributed by atoms with Crippen LogP contribution in [0.3, 0.4) is 0 Å². The molecule has 0 aliphatic carbocycles. The molecule has 0 fully saturated rings. The Morgan fingerprint density at radius 1 is 1.00 bits per heavy atom. The number of amides is 1. The summed E-state index contributed by atoms with van der Waals surface area (Å²) in [4.78, 5) is 33.0. The molecule has 2 aromatic carbocycles. The Morgan fingerprint density at radius 2 is 1.75 bits per heavy atom. The average Bonchev–Trinajstić information content (AvgIpc) is 2.74. The number of methoxy groups -OCH3 is 1. The predicted octanol–water partition coefficient (Wildman–Crippen LogP) is 2.73. The van der Waals surface area contributed by atoms with E-state index in [-0.39, 0.29) is 5.91 Å². The van der Waals surface area contributed by atoms with Crippen LogP contribution in [0.5, 0.6) is 0 Å². The highest BCUT2D eigenvalue weighted by Gasteiger charge is 2.22. The van der Waals surface area contributed by atoms with Crippen molar-refractivity contribution in [3.63, 3.8) is 0 Å². The molecule has 3 rings (SSSR count). The van der Waals surface area contributed by atoms with Gasteiger partial charge >= 0.3 is 5.97 Å². The molecule has 28 heavy (non-hydrogen) atoms. The van der Waals surface area contributed by atoms with E-state index in [2.05, 4.69) is 20.6 Å². The maximum Gasteiger partial charge on any atom is 0.328 e. The molecule has 1 atom stereocenters. The molecule has 1 amide bonds. The van der Waals surface area contributed by atoms with E-state index < -0.39 is 12.0 Å². The van der Waals surface area contributed by atoms with E-state index >= 15 is 0 Å². The van der Waals surface area contributed by atoms with Gasteiger partial charge in [0.15, 0.2) is 0 Å². The maximum atomic E-state index is 12.7. The molecule has 3 aromatic rings. The second-order valence-corrected chi connectivity index (χ2v) is 6.02. The molecule has 7 heteroatoms. The first-order valence-electron chi connectivity index (χ1n) is 8.72. The number of nitrogens with one attached hydrogen (secondary N) is 2. The number of esters is 1. The van der Waals surface area contributed by atoms with Crippen molar-refractivity contribution in [2.24, 2.45) is 0 Å². The van der Waals surface area contributed by atoms with E-state index in [4.69, 9.17) is 4.74 Å². The molecule has 0 saturated carbocycles. The molecule has 0 aliphatic heterocycles. The van der Waals surface area contributed by atoms with E-state index in [1.807, 2.05) is 30.3 Å². The Hall–Kier alpha value is -3.74. The first kappa shape index (κ1) is 19.0. The Bertz CT molecular complexity index is 933. The van der Waals surface area contributed by atoms with Crippen LogP contribution in [-0.2, 0) is 16.0 Å². The number of carbonyl (C=O) groups is 2. The first-order chi connectivity index (χ1) is 13.7. The van der Waals surface area contributed by atoms with Crippen molar-refractivity contribution in [2.45, 2.75) is 12.5 Å². The SMILES string of the molecule is COC(=O)[C@H](Cc1ccccc1)NC(=O)c1cccc(Nc2ncccn2)c1. The minimum absolute atomic E-state index is 0.342. The predicted molar refractivity (Wildman–Crippen MR) is 105 cm³/mol. The van der Waals surface area contributed by atoms with Crippen LogP contribution in [0, 0.1) is 0 Å². The summed E-state index contributed by atoms with van der Waals surface area (Å²) in [6.45, 7) is 0. The standard InChI is InChI=1S/C21H20N4O3/c1-28-20(27)18(13-15-7-3-2-4-8-15)25-19(26)16-9-5-10-17(14-16)24-21-22-11-6-12-23-21/h2-12,14,18H,13H2,1H3,(H,25,26)(H,22,23,24)/t18-/m0/s1. The fourth-order valence-corrected chi connectivity index (χ4v) is 2.66. The Morgan fingerprint density at radius 3 is 2.46 bits per heavy atom. The number of benzene rings is 2. The maximum absolute atomic E-state index is 12.7. The van der Waals surface area contributed by atoms with Gasteiger partial charge < -0.3 is 15.4 Å². The second-order valence-electron chi connectivity index (χ2n) is 6.02. The van der Waals surface area contributed by atoms with Crippen LogP contribution in [0.2, 0.25) is 0 Å². The van der Waals surface area contributed by atoms with Crippen LogP contribution in [0.1, 0.15) is 15.9 Å². The van der Waals surface area contributed by atoms with Crippen molar-refractivity contribution in [3.8, 4) is 0 Å². The van der Waals surface area contributed by atoms with Gasteiger partial charge in [-0.2, -0.15) is 0 Å². The van der Waals surface area contributed by atoms with Crippen LogP contribution < -0.4 is 10.6 Å². The van der Waals surface area contributed by atoms with Gasteiger partial charge in [0.2, 0.25) is 5.95 Å². The van der Waals surface area contributed by atoms with Gasteiger partial charge in [-0.1, -0.05) is 36.4 Å². The molecule has 1 heterocycles. The number of ether oxygens (including phenoxy) is 1. The largest absolute Gasteiger partial charge is 0.467 e. The molecule has 0 radical (unpaired) electrons. The highest BCUT2D eigenvalue weighted by Crippen LogP contribution is 2.15. The van der Waals surface area contributed by atoms with Crippen molar-refractivity contribution < 1.29 is 14.3 Å². The normalized spacial score (nSPS) is 11.3. The van der Waals surface area contributed by atoms with Gasteiger partial charge in [-0.25, -0.2) is 14.8 Å². The highest BCUT2D eigenvalue weighted by molar-refractivity contribution is 5.97. The summed E-state index contributed by atoms with van der Waals surface area (Å²) in [6, 6.07) is 17.3. The van der Waals surface area contributed by atoms with E-state index in [9.17, 15) is 9.59 Å². The molecule has 1 aromatic heterocycles. The molecule has 142 valence electrons. The Labute approximate surface area is 162 Å². The zero-order chi connectivity index (χ0) is 19.8. The number of hydrogen-bond donors (Lipinski definition) is 2. The van der Waals surface area contributed by atoms with Crippen molar-refractivity contribution in [2.75, 3.05) is 12.4 Å². The molecule has 0 saturated heterocycles. The number of rotatable bonds is 7. The number of nitrogens with zero attached hydrogens (tertiary/aromatic N) is 2. The minimum Gasteiger partial charge on any atom is -0.467 e. The number of anilines is 2. The van der Waals surface area contributed by atoms with Gasteiger partial charge in [-0.15, -0.1) is 0 Å². The van der Waals surface area contributed by atoms with Gasteiger partial charge in [0, 0.05) is 30.1 Å². The number of hydrogen-bond acceptors (Lipinski definition) is 6. The molecule has 0 bridgehead atoms. The molecule has 0 spiro atoms. The van der Waals surface area contributed by atoms with Crippen LogP contribution in [-0.4, -0.2) is 35.0 Å². The third kappa shape index (κ3) is 5.14. The lowest BCUT2D eigenvalue weighted by molar-refractivity contribution is -0.142. The van der Waals surface area contributed by atoms with Crippen molar-refractivity contribution >= 4 is 23.5 Å². The Balaban J connectivity index is 1.72. The monoisotopic (exact) mass is 376 g/mol. The number of aromatic nitrogens is 2. The van der Waals surface area contributed by atoms with Crippen LogP contribution in [0.4, 0.5) is 11.6 Å². The third-order valence-corrected chi connectivity index (χ3v) is 4.02. The molecule has 2 N–H and O–H groups in total. The van der Waals surface area contributed by atoms with Crippen LogP contribution >= 0.6 is 0 Å². The topological polar surface area (TPSA) is 93.2 Å². The lowest BCUT2D eigenvalue weighted by atomic mass is 10.1. The van der Waals surface area contributed by atoms with Crippen molar-refractivity contribution in [1.82, 2.24) is 15.3 Å². The summed E-state index contributed by atoms with van der Waals surface area (Å²) in [5, 5.41) is 5.78. The summed E-state index contributed by atoms with van der Waals surface area (Å²) in [6.07, 6.45) is 3.59. The van der Waals surface area contributed by atoms with E-state index in [0.717, 1.165) is 5.56 Å². The molecule has 7 nitrogen and oxygen atoms in total. The molecular formula is C21H20N4O3. The Kier molecular flexibility index (Phi) is 6.30. The first-order valence-corrected chi connectivity index (χ1v) is 8.72. The highest BCUT2D eigenvalue weighted by atomic mass is 16.5. The van der Waals surface area contributed by atoms with E-state index in [1.54, 1.807) is 42.7 Å². The van der Waals surface area contributed by atoms with Crippen LogP contribution in [0.15, 0.2) is 73.1 Å². The van der Waals surface area contributed by atoms with Gasteiger partial charge in [-0.05, 0) is 29.8 Å². The third-order valence-electron chi connectivity index (χ3n) is 4.02.